The van der Waals surface area contributed by atoms with Gasteiger partial charge >= 0.3 is 6.03 Å². The summed E-state index contributed by atoms with van der Waals surface area (Å²) in [5.41, 5.74) is 1.08. The third-order valence-corrected chi connectivity index (χ3v) is 5.12. The van der Waals surface area contributed by atoms with Crippen molar-refractivity contribution in [2.45, 2.75) is 12.6 Å². The number of carbonyl (C=O) groups excluding carboxylic acids is 2. The quantitative estimate of drug-likeness (QED) is 0.854. The van der Waals surface area contributed by atoms with Gasteiger partial charge in [-0.25, -0.2) is 4.79 Å². The summed E-state index contributed by atoms with van der Waals surface area (Å²) in [4.78, 5) is 28.2. The van der Waals surface area contributed by atoms with Crippen molar-refractivity contribution < 1.29 is 9.59 Å². The van der Waals surface area contributed by atoms with Crippen molar-refractivity contribution in [2.24, 2.45) is 0 Å². The minimum absolute atomic E-state index is 0.0570. The third-order valence-electron chi connectivity index (χ3n) is 4.18. The van der Waals surface area contributed by atoms with Crippen LogP contribution in [0.2, 0.25) is 0 Å². The number of urea groups is 1. The highest BCUT2D eigenvalue weighted by atomic mass is 32.2. The minimum Gasteiger partial charge on any atom is -0.338 e. The van der Waals surface area contributed by atoms with E-state index in [0.29, 0.717) is 32.7 Å². The first-order chi connectivity index (χ1) is 11.2. The van der Waals surface area contributed by atoms with Gasteiger partial charge in [0, 0.05) is 44.4 Å². The van der Waals surface area contributed by atoms with E-state index in [1.165, 1.54) is 0 Å². The minimum atomic E-state index is -0.0597. The van der Waals surface area contributed by atoms with Crippen LogP contribution in [0.4, 0.5) is 4.79 Å². The number of thioether (sulfide) groups is 1. The molecule has 2 N–H and O–H groups in total. The van der Waals surface area contributed by atoms with Gasteiger partial charge in [0.25, 0.3) is 0 Å². The van der Waals surface area contributed by atoms with Gasteiger partial charge in [-0.3, -0.25) is 10.1 Å². The van der Waals surface area contributed by atoms with Crippen LogP contribution in [0.1, 0.15) is 5.56 Å². The molecule has 0 aliphatic carbocycles. The van der Waals surface area contributed by atoms with Gasteiger partial charge in [-0.15, -0.1) is 11.8 Å². The van der Waals surface area contributed by atoms with Gasteiger partial charge in [0.05, 0.1) is 6.04 Å². The molecule has 1 aromatic rings. The summed E-state index contributed by atoms with van der Waals surface area (Å²) in [5.74, 6) is 1.86. The maximum absolute atomic E-state index is 12.3. The fourth-order valence-electron chi connectivity index (χ4n) is 2.79. The van der Waals surface area contributed by atoms with Crippen LogP contribution in [0.25, 0.3) is 0 Å². The van der Waals surface area contributed by atoms with Crippen molar-refractivity contribution >= 4 is 23.7 Å². The van der Waals surface area contributed by atoms with Crippen molar-refractivity contribution in [1.82, 2.24) is 20.4 Å². The maximum Gasteiger partial charge on any atom is 0.317 e. The largest absolute Gasteiger partial charge is 0.338 e. The SMILES string of the molecule is O=C(NCc1ccccc1)N1CCN(C(=O)C2CSCN2)CC1. The Kier molecular flexibility index (Phi) is 5.40. The van der Waals surface area contributed by atoms with Gasteiger partial charge in [0.15, 0.2) is 0 Å². The van der Waals surface area contributed by atoms with Gasteiger partial charge in [0.1, 0.15) is 0 Å². The molecule has 124 valence electrons. The van der Waals surface area contributed by atoms with Crippen molar-refractivity contribution in [1.29, 1.82) is 0 Å². The van der Waals surface area contributed by atoms with E-state index >= 15 is 0 Å². The second-order valence-electron chi connectivity index (χ2n) is 5.73. The van der Waals surface area contributed by atoms with Crippen molar-refractivity contribution in [2.75, 3.05) is 37.8 Å². The van der Waals surface area contributed by atoms with E-state index < -0.39 is 0 Å². The molecule has 1 unspecified atom stereocenters. The Balaban J connectivity index is 1.43. The zero-order valence-corrected chi connectivity index (χ0v) is 13.8. The van der Waals surface area contributed by atoms with Crippen LogP contribution in [-0.2, 0) is 11.3 Å². The molecule has 1 aromatic carbocycles. The zero-order valence-electron chi connectivity index (χ0n) is 13.0. The Hall–Kier alpha value is -1.73. The molecule has 1 atom stereocenters. The van der Waals surface area contributed by atoms with Gasteiger partial charge in [-0.2, -0.15) is 0 Å². The van der Waals surface area contributed by atoms with Crippen LogP contribution in [0.15, 0.2) is 30.3 Å². The summed E-state index contributed by atoms with van der Waals surface area (Å²) in [6, 6.07) is 9.74. The van der Waals surface area contributed by atoms with Crippen molar-refractivity contribution in [3.8, 4) is 0 Å². The molecular weight excluding hydrogens is 312 g/mol. The maximum atomic E-state index is 12.3. The lowest BCUT2D eigenvalue weighted by Crippen LogP contribution is -2.56. The second-order valence-corrected chi connectivity index (χ2v) is 6.76. The Morgan fingerprint density at radius 3 is 2.48 bits per heavy atom. The molecule has 3 rings (SSSR count). The number of rotatable bonds is 3. The van der Waals surface area contributed by atoms with Gasteiger partial charge in [0.2, 0.25) is 5.91 Å². The van der Waals surface area contributed by atoms with E-state index in [0.717, 1.165) is 17.2 Å². The Bertz CT molecular complexity index is 540. The van der Waals surface area contributed by atoms with Crippen molar-refractivity contribution in [3.63, 3.8) is 0 Å². The lowest BCUT2D eigenvalue weighted by molar-refractivity contribution is -0.134. The monoisotopic (exact) mass is 334 g/mol. The molecule has 0 radical (unpaired) electrons. The average molecular weight is 334 g/mol. The van der Waals surface area contributed by atoms with Gasteiger partial charge < -0.3 is 15.1 Å². The van der Waals surface area contributed by atoms with Crippen LogP contribution in [0, 0.1) is 0 Å². The van der Waals surface area contributed by atoms with Gasteiger partial charge in [-0.05, 0) is 5.56 Å². The van der Waals surface area contributed by atoms with E-state index in [1.807, 2.05) is 35.2 Å². The summed E-state index contributed by atoms with van der Waals surface area (Å²) < 4.78 is 0. The number of hydrogen-bond acceptors (Lipinski definition) is 4. The van der Waals surface area contributed by atoms with Crippen LogP contribution >= 0.6 is 11.8 Å². The molecule has 2 fully saturated rings. The van der Waals surface area contributed by atoms with Crippen LogP contribution in [0.3, 0.4) is 0 Å². The summed E-state index contributed by atoms with van der Waals surface area (Å²) in [6.07, 6.45) is 0. The predicted molar refractivity (Wildman–Crippen MR) is 91.1 cm³/mol. The Morgan fingerprint density at radius 2 is 1.83 bits per heavy atom. The van der Waals surface area contributed by atoms with E-state index in [2.05, 4.69) is 10.6 Å². The highest BCUT2D eigenvalue weighted by molar-refractivity contribution is 7.99. The number of nitrogens with zero attached hydrogens (tertiary/aromatic N) is 2. The average Bonchev–Trinajstić information content (AvgIpc) is 3.15. The molecule has 0 spiro atoms. The first-order valence-electron chi connectivity index (χ1n) is 7.90. The fraction of sp³-hybridized carbons (Fsp3) is 0.500. The highest BCUT2D eigenvalue weighted by Gasteiger charge is 2.30. The van der Waals surface area contributed by atoms with E-state index in [1.54, 1.807) is 16.7 Å². The third kappa shape index (κ3) is 4.17. The number of benzene rings is 1. The fourth-order valence-corrected chi connectivity index (χ4v) is 3.72. The summed E-state index contributed by atoms with van der Waals surface area (Å²) in [5, 5.41) is 6.14. The van der Waals surface area contributed by atoms with E-state index in [9.17, 15) is 9.59 Å². The molecule has 7 heteroatoms. The lowest BCUT2D eigenvalue weighted by atomic mass is 10.2. The second kappa shape index (κ2) is 7.70. The molecule has 6 nitrogen and oxygen atoms in total. The molecule has 2 heterocycles. The molecule has 2 aliphatic rings. The normalized spacial score (nSPS) is 21.3. The number of carbonyl (C=O) groups is 2. The molecule has 3 amide bonds. The molecule has 2 saturated heterocycles. The number of nitrogens with one attached hydrogen (secondary N) is 2. The Morgan fingerprint density at radius 1 is 1.13 bits per heavy atom. The summed E-state index contributed by atoms with van der Waals surface area (Å²) >= 11 is 1.75. The predicted octanol–water partition coefficient (Wildman–Crippen LogP) is 0.703. The Labute approximate surface area is 140 Å². The molecule has 23 heavy (non-hydrogen) atoms. The molecule has 2 aliphatic heterocycles. The molecule has 0 bridgehead atoms. The van der Waals surface area contributed by atoms with E-state index in [-0.39, 0.29) is 18.0 Å². The summed E-state index contributed by atoms with van der Waals surface area (Å²) in [6.45, 7) is 2.93. The zero-order chi connectivity index (χ0) is 16.1. The summed E-state index contributed by atoms with van der Waals surface area (Å²) in [7, 11) is 0. The number of hydrogen-bond donors (Lipinski definition) is 2. The highest BCUT2D eigenvalue weighted by Crippen LogP contribution is 2.13. The van der Waals surface area contributed by atoms with Crippen molar-refractivity contribution in [3.05, 3.63) is 35.9 Å². The lowest BCUT2D eigenvalue weighted by Gasteiger charge is -2.35. The van der Waals surface area contributed by atoms with Crippen LogP contribution in [0.5, 0.6) is 0 Å². The molecular formula is C16H22N4O2S. The smallest absolute Gasteiger partial charge is 0.317 e. The van der Waals surface area contributed by atoms with Gasteiger partial charge in [-0.1, -0.05) is 30.3 Å². The topological polar surface area (TPSA) is 64.7 Å². The number of piperazine rings is 1. The molecule has 0 aromatic heterocycles. The van der Waals surface area contributed by atoms with Crippen LogP contribution in [-0.4, -0.2) is 65.6 Å². The number of amides is 3. The first-order valence-corrected chi connectivity index (χ1v) is 9.06. The van der Waals surface area contributed by atoms with E-state index in [4.69, 9.17) is 0 Å². The van der Waals surface area contributed by atoms with Crippen LogP contribution < -0.4 is 10.6 Å². The molecule has 0 saturated carbocycles. The first kappa shape index (κ1) is 16.1. The standard InChI is InChI=1S/C16H22N4O2S/c21-15(14-11-23-12-18-14)19-6-8-20(9-7-19)16(22)17-10-13-4-2-1-3-5-13/h1-5,14,18H,6-12H2,(H,17,22).